The van der Waals surface area contributed by atoms with E-state index in [1.54, 1.807) is 19.1 Å². The van der Waals surface area contributed by atoms with Gasteiger partial charge in [-0.25, -0.2) is 0 Å². The van der Waals surface area contributed by atoms with Crippen LogP contribution >= 0.6 is 22.6 Å². The first-order chi connectivity index (χ1) is 9.56. The van der Waals surface area contributed by atoms with Gasteiger partial charge in [-0.1, -0.05) is 12.1 Å². The van der Waals surface area contributed by atoms with Gasteiger partial charge in [0, 0.05) is 3.57 Å². The molecule has 5 heteroatoms. The lowest BCUT2D eigenvalue weighted by molar-refractivity contribution is -0.122. The number of anilines is 2. The van der Waals surface area contributed by atoms with Crippen LogP contribution in [0, 0.1) is 3.57 Å². The topological polar surface area (TPSA) is 64.3 Å². The molecule has 2 rings (SSSR count). The molecule has 0 aliphatic heterocycles. The highest BCUT2D eigenvalue weighted by Crippen LogP contribution is 2.18. The number of benzene rings is 2. The number of hydrogen-bond acceptors (Lipinski definition) is 3. The number of halogens is 1. The third kappa shape index (κ3) is 3.86. The maximum atomic E-state index is 12.0. The van der Waals surface area contributed by atoms with Gasteiger partial charge in [0.1, 0.15) is 5.75 Å². The zero-order valence-corrected chi connectivity index (χ0v) is 13.1. The fourth-order valence-electron chi connectivity index (χ4n) is 1.62. The van der Waals surface area contributed by atoms with Crippen molar-refractivity contribution in [2.75, 3.05) is 11.1 Å². The van der Waals surface area contributed by atoms with Gasteiger partial charge in [-0.15, -0.1) is 0 Å². The van der Waals surface area contributed by atoms with Crippen LogP contribution in [0.2, 0.25) is 0 Å². The molecule has 3 N–H and O–H groups in total. The second-order valence-electron chi connectivity index (χ2n) is 4.29. The van der Waals surface area contributed by atoms with Crippen LogP contribution in [0.1, 0.15) is 6.92 Å². The molecule has 104 valence electrons. The Labute approximate surface area is 131 Å². The third-order valence-electron chi connectivity index (χ3n) is 2.71. The number of ether oxygens (including phenoxy) is 1. The highest BCUT2D eigenvalue weighted by molar-refractivity contribution is 14.1. The fourth-order valence-corrected chi connectivity index (χ4v) is 1.98. The summed E-state index contributed by atoms with van der Waals surface area (Å²) in [6, 6.07) is 14.6. The monoisotopic (exact) mass is 382 g/mol. The molecule has 0 bridgehead atoms. The largest absolute Gasteiger partial charge is 0.481 e. The van der Waals surface area contributed by atoms with Crippen LogP contribution in [-0.4, -0.2) is 12.0 Å². The first kappa shape index (κ1) is 14.6. The predicted octanol–water partition coefficient (Wildman–Crippen LogP) is 3.28. The van der Waals surface area contributed by atoms with E-state index in [2.05, 4.69) is 27.9 Å². The smallest absolute Gasteiger partial charge is 0.265 e. The summed E-state index contributed by atoms with van der Waals surface area (Å²) in [5.74, 6) is 0.426. The molecule has 1 atom stereocenters. The normalized spacial score (nSPS) is 11.7. The minimum atomic E-state index is -0.602. The van der Waals surface area contributed by atoms with E-state index in [9.17, 15) is 4.79 Å². The van der Waals surface area contributed by atoms with E-state index in [1.165, 1.54) is 0 Å². The molecule has 0 spiro atoms. The van der Waals surface area contributed by atoms with Crippen molar-refractivity contribution in [3.05, 3.63) is 52.1 Å². The lowest BCUT2D eigenvalue weighted by Crippen LogP contribution is -2.30. The Balaban J connectivity index is 1.99. The van der Waals surface area contributed by atoms with Crippen LogP contribution in [0.15, 0.2) is 48.5 Å². The summed E-state index contributed by atoms with van der Waals surface area (Å²) in [6.45, 7) is 1.70. The number of carbonyl (C=O) groups is 1. The minimum absolute atomic E-state index is 0.235. The highest BCUT2D eigenvalue weighted by Gasteiger charge is 2.15. The molecule has 0 heterocycles. The summed E-state index contributed by atoms with van der Waals surface area (Å²) in [4.78, 5) is 12.0. The molecular formula is C15H15IN2O2. The number of nitrogens with one attached hydrogen (secondary N) is 1. The highest BCUT2D eigenvalue weighted by atomic mass is 127. The van der Waals surface area contributed by atoms with E-state index in [4.69, 9.17) is 10.5 Å². The molecule has 1 amide bonds. The predicted molar refractivity (Wildman–Crippen MR) is 88.7 cm³/mol. The number of nitrogen functional groups attached to an aromatic ring is 1. The molecular weight excluding hydrogens is 367 g/mol. The van der Waals surface area contributed by atoms with Crippen molar-refractivity contribution in [1.29, 1.82) is 0 Å². The first-order valence-electron chi connectivity index (χ1n) is 6.14. The second-order valence-corrected chi connectivity index (χ2v) is 5.54. The molecule has 0 saturated heterocycles. The van der Waals surface area contributed by atoms with Crippen molar-refractivity contribution in [3.63, 3.8) is 0 Å². The molecule has 4 nitrogen and oxygen atoms in total. The second kappa shape index (κ2) is 6.60. The maximum Gasteiger partial charge on any atom is 0.265 e. The van der Waals surface area contributed by atoms with Crippen molar-refractivity contribution in [2.45, 2.75) is 13.0 Å². The minimum Gasteiger partial charge on any atom is -0.481 e. The van der Waals surface area contributed by atoms with E-state index in [-0.39, 0.29) is 5.91 Å². The summed E-state index contributed by atoms with van der Waals surface area (Å²) in [5, 5.41) is 2.75. The third-order valence-corrected chi connectivity index (χ3v) is 3.43. The Morgan fingerprint density at radius 1 is 1.20 bits per heavy atom. The van der Waals surface area contributed by atoms with Crippen LogP contribution in [0.5, 0.6) is 5.75 Å². The van der Waals surface area contributed by atoms with Crippen LogP contribution in [0.3, 0.4) is 0 Å². The van der Waals surface area contributed by atoms with Crippen LogP contribution in [-0.2, 0) is 4.79 Å². The van der Waals surface area contributed by atoms with E-state index < -0.39 is 6.10 Å². The number of rotatable bonds is 4. The molecule has 1 unspecified atom stereocenters. The molecule has 0 radical (unpaired) electrons. The summed E-state index contributed by atoms with van der Waals surface area (Å²) in [6.07, 6.45) is -0.602. The summed E-state index contributed by atoms with van der Waals surface area (Å²) >= 11 is 2.21. The van der Waals surface area contributed by atoms with Gasteiger partial charge in [0.15, 0.2) is 6.10 Å². The summed E-state index contributed by atoms with van der Waals surface area (Å²) < 4.78 is 6.70. The van der Waals surface area contributed by atoms with Crippen molar-refractivity contribution >= 4 is 39.9 Å². The van der Waals surface area contributed by atoms with E-state index in [1.807, 2.05) is 36.4 Å². The molecule has 2 aromatic carbocycles. The SMILES string of the molecule is CC(Oc1ccc(I)cc1)C(=O)Nc1ccccc1N. The first-order valence-corrected chi connectivity index (χ1v) is 7.22. The average molecular weight is 382 g/mol. The fraction of sp³-hybridized carbons (Fsp3) is 0.133. The average Bonchev–Trinajstić information content (AvgIpc) is 2.44. The van der Waals surface area contributed by atoms with Crippen molar-refractivity contribution in [3.8, 4) is 5.75 Å². The molecule has 0 aromatic heterocycles. The standard InChI is InChI=1S/C15H15IN2O2/c1-10(20-12-8-6-11(16)7-9-12)15(19)18-14-5-3-2-4-13(14)17/h2-10H,17H2,1H3,(H,18,19). The number of para-hydroxylation sites is 2. The van der Waals surface area contributed by atoms with E-state index >= 15 is 0 Å². The molecule has 0 aliphatic carbocycles. The van der Waals surface area contributed by atoms with Gasteiger partial charge < -0.3 is 15.8 Å². The molecule has 2 aromatic rings. The quantitative estimate of drug-likeness (QED) is 0.630. The van der Waals surface area contributed by atoms with E-state index in [0.717, 1.165) is 3.57 Å². The number of hydrogen-bond donors (Lipinski definition) is 2. The molecule has 0 aliphatic rings. The van der Waals surface area contributed by atoms with E-state index in [0.29, 0.717) is 17.1 Å². The van der Waals surface area contributed by atoms with Crippen LogP contribution in [0.4, 0.5) is 11.4 Å². The summed E-state index contributed by atoms with van der Waals surface area (Å²) in [7, 11) is 0. The van der Waals surface area contributed by atoms with Crippen molar-refractivity contribution in [2.24, 2.45) is 0 Å². The van der Waals surface area contributed by atoms with Gasteiger partial charge in [-0.3, -0.25) is 4.79 Å². The Morgan fingerprint density at radius 2 is 1.85 bits per heavy atom. The zero-order chi connectivity index (χ0) is 14.5. The lowest BCUT2D eigenvalue weighted by Gasteiger charge is -2.15. The maximum absolute atomic E-state index is 12.0. The van der Waals surface area contributed by atoms with Gasteiger partial charge in [0.25, 0.3) is 5.91 Å². The van der Waals surface area contributed by atoms with Gasteiger partial charge in [-0.2, -0.15) is 0 Å². The van der Waals surface area contributed by atoms with Gasteiger partial charge in [0.05, 0.1) is 11.4 Å². The Hall–Kier alpha value is -1.76. The van der Waals surface area contributed by atoms with Gasteiger partial charge in [0.2, 0.25) is 0 Å². The Morgan fingerprint density at radius 3 is 2.50 bits per heavy atom. The number of carbonyl (C=O) groups excluding carboxylic acids is 1. The molecule has 0 saturated carbocycles. The lowest BCUT2D eigenvalue weighted by atomic mass is 10.2. The number of nitrogens with two attached hydrogens (primary N) is 1. The van der Waals surface area contributed by atoms with Crippen LogP contribution < -0.4 is 15.8 Å². The van der Waals surface area contributed by atoms with Crippen LogP contribution in [0.25, 0.3) is 0 Å². The van der Waals surface area contributed by atoms with Gasteiger partial charge in [-0.05, 0) is 65.9 Å². The summed E-state index contributed by atoms with van der Waals surface area (Å²) in [5.41, 5.74) is 6.90. The van der Waals surface area contributed by atoms with Crippen molar-refractivity contribution in [1.82, 2.24) is 0 Å². The van der Waals surface area contributed by atoms with Crippen molar-refractivity contribution < 1.29 is 9.53 Å². The molecule has 20 heavy (non-hydrogen) atoms. The number of amides is 1. The van der Waals surface area contributed by atoms with Gasteiger partial charge >= 0.3 is 0 Å². The zero-order valence-electron chi connectivity index (χ0n) is 11.0. The Bertz CT molecular complexity index is 599. The Kier molecular flexibility index (Phi) is 4.84. The molecule has 0 fully saturated rings.